The van der Waals surface area contributed by atoms with Crippen molar-refractivity contribution in [1.82, 2.24) is 5.32 Å². The fourth-order valence-electron chi connectivity index (χ4n) is 2.51. The molecule has 0 heterocycles. The number of carbonyl (C=O) groups excluding carboxylic acids is 3. The minimum absolute atomic E-state index is 0. The number of aliphatic carboxylic acids is 1. The first-order chi connectivity index (χ1) is 12.6. The van der Waals surface area contributed by atoms with Crippen LogP contribution < -0.4 is 5.32 Å². The summed E-state index contributed by atoms with van der Waals surface area (Å²) in [6.45, 7) is 7.24. The van der Waals surface area contributed by atoms with Gasteiger partial charge in [0.05, 0.1) is 11.9 Å². The fraction of sp³-hybridized carbons (Fsp3) is 0.450. The number of benzene rings is 1. The average molecular weight is 647 g/mol. The summed E-state index contributed by atoms with van der Waals surface area (Å²) in [6, 6.07) is 6.64. The van der Waals surface area contributed by atoms with Gasteiger partial charge in [-0.05, 0) is 25.3 Å². The van der Waals surface area contributed by atoms with Crippen LogP contribution in [0.25, 0.3) is 5.73 Å². The maximum absolute atomic E-state index is 12.4. The molecule has 29 heavy (non-hydrogen) atoms. The summed E-state index contributed by atoms with van der Waals surface area (Å²) < 4.78 is 0. The van der Waals surface area contributed by atoms with Gasteiger partial charge in [0.15, 0.2) is 11.7 Å². The Hall–Kier alpha value is -0.908. The van der Waals surface area contributed by atoms with E-state index in [-0.39, 0.29) is 73.0 Å². The van der Waals surface area contributed by atoms with Crippen LogP contribution in [-0.2, 0) is 79.4 Å². The zero-order valence-electron chi connectivity index (χ0n) is 16.6. The van der Waals surface area contributed by atoms with Crippen LogP contribution in [0.4, 0.5) is 0 Å². The topological polar surface area (TPSA) is 124 Å². The van der Waals surface area contributed by atoms with Gasteiger partial charge in [-0.2, -0.15) is 0 Å². The summed E-state index contributed by atoms with van der Waals surface area (Å²) >= 11 is 0. The monoisotopic (exact) mass is 647 g/mol. The summed E-state index contributed by atoms with van der Waals surface area (Å²) in [7, 11) is 0. The Morgan fingerprint density at radius 3 is 2.21 bits per heavy atom. The van der Waals surface area contributed by atoms with E-state index in [1.54, 1.807) is 0 Å². The van der Waals surface area contributed by atoms with E-state index in [1.165, 1.54) is 6.92 Å². The molecule has 0 unspecified atom stereocenters. The third kappa shape index (κ3) is 11.8. The summed E-state index contributed by atoms with van der Waals surface area (Å²) in [4.78, 5) is 46.7. The largest absolute Gasteiger partial charge is 0.668 e. The minimum atomic E-state index is -1.09. The number of Topliss-reactive ketones (excluding diaryl/α,β-unsaturated/α-hetero) is 1. The van der Waals surface area contributed by atoms with E-state index in [4.69, 9.17) is 10.8 Å². The predicted molar refractivity (Wildman–Crippen MR) is 101 cm³/mol. The molecule has 1 aromatic rings. The van der Waals surface area contributed by atoms with Crippen LogP contribution in [0, 0.1) is 25.7 Å². The molecule has 0 aliphatic carbocycles. The number of aryl methyl sites for hydroxylation is 1. The molecule has 157 valence electrons. The van der Waals surface area contributed by atoms with Crippen molar-refractivity contribution in [2.24, 2.45) is 11.8 Å². The Bertz CT molecular complexity index is 697. The van der Waals surface area contributed by atoms with Crippen molar-refractivity contribution >= 4 is 23.6 Å². The van der Waals surface area contributed by atoms with Gasteiger partial charge in [-0.3, -0.25) is 14.4 Å². The summed E-state index contributed by atoms with van der Waals surface area (Å²) in [6.07, 6.45) is -0.198. The molecule has 7 nitrogen and oxygen atoms in total. The van der Waals surface area contributed by atoms with E-state index >= 15 is 0 Å². The van der Waals surface area contributed by atoms with Crippen LogP contribution >= 0.6 is 0 Å². The fourth-order valence-corrected chi connectivity index (χ4v) is 2.51. The number of carboxylic acids is 1. The first-order valence-electron chi connectivity index (χ1n) is 8.79. The maximum atomic E-state index is 12.4. The van der Waals surface area contributed by atoms with Gasteiger partial charge in [-0.25, -0.2) is 0 Å². The van der Waals surface area contributed by atoms with Gasteiger partial charge in [-0.1, -0.05) is 42.7 Å². The first kappa shape index (κ1) is 30.3. The zero-order chi connectivity index (χ0) is 20.6. The van der Waals surface area contributed by atoms with Crippen molar-refractivity contribution in [2.75, 3.05) is 0 Å². The van der Waals surface area contributed by atoms with E-state index < -0.39 is 41.4 Å². The number of nitrogens with one attached hydrogen (secondary N) is 2. The molecule has 0 saturated carbocycles. The smallest absolute Gasteiger partial charge is 0.303 e. The van der Waals surface area contributed by atoms with Crippen LogP contribution in [0.1, 0.15) is 37.3 Å². The van der Waals surface area contributed by atoms with E-state index in [9.17, 15) is 19.2 Å². The van der Waals surface area contributed by atoms with Crippen LogP contribution in [0.3, 0.4) is 0 Å². The third-order valence-electron chi connectivity index (χ3n) is 4.28. The van der Waals surface area contributed by atoms with Gasteiger partial charge in [0.2, 0.25) is 0 Å². The number of hydrogen-bond acceptors (Lipinski definition) is 4. The second-order valence-electron chi connectivity index (χ2n) is 6.82. The molecule has 1 radical (unpaired) electrons. The third-order valence-corrected chi connectivity index (χ3v) is 4.28. The summed E-state index contributed by atoms with van der Waals surface area (Å²) in [5.74, 6) is -4.32. The van der Waals surface area contributed by atoms with Crippen molar-refractivity contribution in [3.63, 3.8) is 0 Å². The van der Waals surface area contributed by atoms with E-state index in [0.717, 1.165) is 11.1 Å². The Balaban J connectivity index is 0. The van der Waals surface area contributed by atoms with E-state index in [0.29, 0.717) is 6.42 Å². The van der Waals surface area contributed by atoms with Crippen molar-refractivity contribution in [2.45, 2.75) is 45.6 Å². The molecule has 0 spiro atoms. The molecule has 9 heteroatoms. The van der Waals surface area contributed by atoms with Gasteiger partial charge in [0, 0.05) is 72.5 Å². The first-order valence-corrected chi connectivity index (χ1v) is 8.79. The Morgan fingerprint density at radius 1 is 1.17 bits per heavy atom. The van der Waals surface area contributed by atoms with E-state index in [2.05, 4.69) is 12.2 Å². The Kier molecular flexibility index (Phi) is 15.6. The van der Waals surface area contributed by atoms with Gasteiger partial charge in [0.25, 0.3) is 0 Å². The van der Waals surface area contributed by atoms with Gasteiger partial charge in [0.1, 0.15) is 0 Å². The van der Waals surface area contributed by atoms with Gasteiger partial charge in [-0.15, -0.1) is 0 Å². The molecule has 0 bridgehead atoms. The standard InChI is InChI=1S/C20H27N2O5.W.Y/c1-12-4-6-15(7-5-12)10-14(3)20(27)22-16(8-9-18(24)25)17(23)11-13(2)19(21)26;;/h4-7,13-14,16H,3,8-11H2,1-2H3,(H4,21,22,24,25,26,27);;/q-1;;/p-1/t13-,14+,16+;;/m1../s1. The molecular weight excluding hydrogens is 621 g/mol. The van der Waals surface area contributed by atoms with Crippen LogP contribution in [0.2, 0.25) is 0 Å². The average Bonchev–Trinajstić information content (AvgIpc) is 2.59. The molecule has 0 aliphatic rings. The maximum Gasteiger partial charge on any atom is 0.303 e. The summed E-state index contributed by atoms with van der Waals surface area (Å²) in [5.41, 5.74) is 9.08. The molecule has 2 amide bonds. The van der Waals surface area contributed by atoms with Crippen molar-refractivity contribution < 1.29 is 78.1 Å². The number of ketones is 1. The van der Waals surface area contributed by atoms with Crippen molar-refractivity contribution in [3.05, 3.63) is 48.0 Å². The normalized spacial score (nSPS) is 13.1. The van der Waals surface area contributed by atoms with Crippen molar-refractivity contribution in [3.8, 4) is 0 Å². The molecule has 0 aliphatic heterocycles. The molecule has 0 aromatic heterocycles. The molecular formula is C20H26N2O5WY-2. The Labute approximate surface area is 211 Å². The Morgan fingerprint density at radius 2 is 1.72 bits per heavy atom. The zero-order valence-corrected chi connectivity index (χ0v) is 22.4. The summed E-state index contributed by atoms with van der Waals surface area (Å²) in [5, 5.41) is 11.4. The molecule has 3 atom stereocenters. The van der Waals surface area contributed by atoms with Crippen LogP contribution in [0.15, 0.2) is 24.3 Å². The molecule has 1 aromatic carbocycles. The molecule has 1 rings (SSSR count). The van der Waals surface area contributed by atoms with E-state index in [1.807, 2.05) is 31.2 Å². The number of carbonyl (C=O) groups is 4. The van der Waals surface area contributed by atoms with Gasteiger partial charge >= 0.3 is 5.97 Å². The van der Waals surface area contributed by atoms with Crippen molar-refractivity contribution in [1.29, 1.82) is 0 Å². The number of hydrogen-bond donors (Lipinski definition) is 2. The second-order valence-corrected chi connectivity index (χ2v) is 6.82. The van der Waals surface area contributed by atoms with Crippen LogP contribution in [-0.4, -0.2) is 34.7 Å². The quantitative estimate of drug-likeness (QED) is 0.358. The number of carboxylic acid groups (broad SMARTS) is 1. The molecule has 0 fully saturated rings. The SMILES string of the molecule is [CH2-][C@@H](Cc1ccc(C)cc1)C(=O)N[C@@H](CCC(=O)O)C(=O)C[C@@H](C)C([NH-])=O.[W].[Y]. The number of rotatable bonds is 11. The van der Waals surface area contributed by atoms with Gasteiger partial charge < -0.3 is 27.9 Å². The second kappa shape index (κ2) is 15.0. The molecule has 0 saturated heterocycles. The molecule has 3 N–H and O–H groups in total. The van der Waals surface area contributed by atoms with Crippen LogP contribution in [0.5, 0.6) is 0 Å². The number of amides is 2. The minimum Gasteiger partial charge on any atom is -0.668 e. The predicted octanol–water partition coefficient (Wildman–Crippen LogP) is 2.51.